The Morgan fingerprint density at radius 3 is 2.35 bits per heavy atom. The number of aliphatic carboxylic acids is 1. The van der Waals surface area contributed by atoms with E-state index in [1.165, 1.54) is 12.1 Å². The Balaban J connectivity index is 0.00000341. The van der Waals surface area contributed by atoms with Crippen molar-refractivity contribution >= 4 is 52.5 Å². The van der Waals surface area contributed by atoms with Gasteiger partial charge in [-0.05, 0) is 43.7 Å². The summed E-state index contributed by atoms with van der Waals surface area (Å²) in [5, 5.41) is 29.9. The summed E-state index contributed by atoms with van der Waals surface area (Å²) in [6, 6.07) is 14.4. The summed E-state index contributed by atoms with van der Waals surface area (Å²) >= 11 is 0. The number of halogens is 1. The standard InChI is InChI=1S/C24H26FNO4.Na/c1-15(2)26-21-6-4-3-5-20(21)24(16-7-9-17(25)10-8-16)22(26)12-11-18(27)13-19(28)14-23(29)30;/h3-12,15,18-19,27-28H,13-14H2,1-2H3,(H,29,30);/b12-11+;/t18-,19-;/m0./s1. The average molecular weight is 434 g/mol. The molecule has 3 aromatic rings. The Bertz CT molecular complexity index is 1060. The molecule has 2 atom stereocenters. The van der Waals surface area contributed by atoms with E-state index in [4.69, 9.17) is 5.11 Å². The summed E-state index contributed by atoms with van der Waals surface area (Å²) in [4.78, 5) is 10.7. The van der Waals surface area contributed by atoms with E-state index < -0.39 is 24.6 Å². The molecule has 0 amide bonds. The first-order valence-electron chi connectivity index (χ1n) is 9.93. The second-order valence-electron chi connectivity index (χ2n) is 7.66. The van der Waals surface area contributed by atoms with Crippen molar-refractivity contribution in [2.75, 3.05) is 0 Å². The molecule has 1 heterocycles. The van der Waals surface area contributed by atoms with Gasteiger partial charge in [0.2, 0.25) is 0 Å². The number of aromatic nitrogens is 1. The molecule has 0 aliphatic carbocycles. The molecule has 0 aliphatic heterocycles. The van der Waals surface area contributed by atoms with Gasteiger partial charge >= 0.3 is 5.97 Å². The van der Waals surface area contributed by atoms with Crippen molar-refractivity contribution in [1.29, 1.82) is 0 Å². The smallest absolute Gasteiger partial charge is 0.305 e. The zero-order chi connectivity index (χ0) is 21.8. The molecule has 0 saturated heterocycles. The monoisotopic (exact) mass is 434 g/mol. The first-order valence-corrected chi connectivity index (χ1v) is 9.93. The molecule has 31 heavy (non-hydrogen) atoms. The molecule has 0 unspecified atom stereocenters. The van der Waals surface area contributed by atoms with Crippen LogP contribution in [0.3, 0.4) is 0 Å². The number of benzene rings is 2. The predicted molar refractivity (Wildman–Crippen MR) is 121 cm³/mol. The summed E-state index contributed by atoms with van der Waals surface area (Å²) in [5.74, 6) is -1.43. The van der Waals surface area contributed by atoms with Gasteiger partial charge in [-0.1, -0.05) is 36.4 Å². The van der Waals surface area contributed by atoms with Gasteiger partial charge in [-0.15, -0.1) is 0 Å². The van der Waals surface area contributed by atoms with Gasteiger partial charge in [0.15, 0.2) is 0 Å². The van der Waals surface area contributed by atoms with Crippen LogP contribution in [-0.4, -0.2) is 67.6 Å². The number of rotatable bonds is 8. The summed E-state index contributed by atoms with van der Waals surface area (Å²) in [5.41, 5.74) is 3.65. The van der Waals surface area contributed by atoms with Crippen LogP contribution in [-0.2, 0) is 4.79 Å². The van der Waals surface area contributed by atoms with Crippen LogP contribution < -0.4 is 0 Å². The summed E-state index contributed by atoms with van der Waals surface area (Å²) in [6.07, 6.45) is 0.727. The maximum absolute atomic E-state index is 13.5. The minimum atomic E-state index is -1.13. The normalized spacial score (nSPS) is 13.5. The fraction of sp³-hybridized carbons (Fsp3) is 0.292. The van der Waals surface area contributed by atoms with E-state index in [0.717, 1.165) is 27.7 Å². The number of para-hydroxylation sites is 1. The molecule has 0 saturated carbocycles. The number of carboxylic acid groups (broad SMARTS) is 1. The van der Waals surface area contributed by atoms with Crippen LogP contribution in [0.1, 0.15) is 38.4 Å². The van der Waals surface area contributed by atoms with Gasteiger partial charge < -0.3 is 19.9 Å². The second kappa shape index (κ2) is 11.1. The number of aliphatic hydroxyl groups is 2. The van der Waals surface area contributed by atoms with Crippen LogP contribution in [0.5, 0.6) is 0 Å². The van der Waals surface area contributed by atoms with Crippen molar-refractivity contribution in [2.45, 2.75) is 44.9 Å². The average Bonchev–Trinajstić information content (AvgIpc) is 3.00. The largest absolute Gasteiger partial charge is 0.481 e. The van der Waals surface area contributed by atoms with Gasteiger partial charge in [-0.3, -0.25) is 4.79 Å². The molecule has 3 rings (SSSR count). The molecule has 0 aliphatic rings. The minimum Gasteiger partial charge on any atom is -0.481 e. The van der Waals surface area contributed by atoms with E-state index in [2.05, 4.69) is 18.4 Å². The first kappa shape index (κ1) is 25.3. The van der Waals surface area contributed by atoms with Crippen molar-refractivity contribution < 1.29 is 24.5 Å². The fourth-order valence-corrected chi connectivity index (χ4v) is 3.77. The number of hydrogen-bond donors (Lipinski definition) is 3. The Morgan fingerprint density at radius 2 is 1.74 bits per heavy atom. The Labute approximate surface area is 203 Å². The number of carbonyl (C=O) groups is 1. The van der Waals surface area contributed by atoms with E-state index in [-0.39, 0.29) is 47.8 Å². The number of carboxylic acids is 1. The summed E-state index contributed by atoms with van der Waals surface area (Å²) < 4.78 is 15.6. The van der Waals surface area contributed by atoms with Crippen LogP contribution in [0.25, 0.3) is 28.1 Å². The third-order valence-corrected chi connectivity index (χ3v) is 5.00. The zero-order valence-corrected chi connectivity index (χ0v) is 20.0. The van der Waals surface area contributed by atoms with E-state index in [1.54, 1.807) is 24.3 Å². The van der Waals surface area contributed by atoms with E-state index >= 15 is 0 Å². The van der Waals surface area contributed by atoms with Crippen molar-refractivity contribution in [3.05, 3.63) is 66.1 Å². The van der Waals surface area contributed by atoms with E-state index in [0.29, 0.717) is 0 Å². The van der Waals surface area contributed by atoms with Gasteiger partial charge in [-0.25, -0.2) is 4.39 Å². The van der Waals surface area contributed by atoms with Crippen LogP contribution in [0.15, 0.2) is 54.6 Å². The Kier molecular flexibility index (Phi) is 9.03. The minimum absolute atomic E-state index is 0. The molecule has 1 aromatic heterocycles. The van der Waals surface area contributed by atoms with Gasteiger partial charge in [0.05, 0.1) is 18.6 Å². The molecule has 0 fully saturated rings. The molecule has 5 nitrogen and oxygen atoms in total. The van der Waals surface area contributed by atoms with Gasteiger partial charge in [0.25, 0.3) is 0 Å². The Hall–Kier alpha value is -1.96. The maximum atomic E-state index is 13.5. The second-order valence-corrected chi connectivity index (χ2v) is 7.66. The van der Waals surface area contributed by atoms with Crippen molar-refractivity contribution in [1.82, 2.24) is 4.57 Å². The van der Waals surface area contributed by atoms with Crippen molar-refractivity contribution in [2.24, 2.45) is 0 Å². The zero-order valence-electron chi connectivity index (χ0n) is 18.0. The molecule has 0 bridgehead atoms. The molecule has 7 heteroatoms. The molecular formula is C24H26FNNaO4. The molecule has 159 valence electrons. The van der Waals surface area contributed by atoms with Gasteiger partial charge in [-0.2, -0.15) is 0 Å². The van der Waals surface area contributed by atoms with Crippen LogP contribution in [0.2, 0.25) is 0 Å². The van der Waals surface area contributed by atoms with Crippen molar-refractivity contribution in [3.63, 3.8) is 0 Å². The third kappa shape index (κ3) is 6.05. The maximum Gasteiger partial charge on any atom is 0.305 e. The predicted octanol–water partition coefficient (Wildman–Crippen LogP) is 4.25. The number of fused-ring (bicyclic) bond motifs is 1. The van der Waals surface area contributed by atoms with Crippen molar-refractivity contribution in [3.8, 4) is 11.1 Å². The fourth-order valence-electron chi connectivity index (χ4n) is 3.77. The Morgan fingerprint density at radius 1 is 1.10 bits per heavy atom. The van der Waals surface area contributed by atoms with Crippen LogP contribution in [0, 0.1) is 5.82 Å². The molecule has 3 N–H and O–H groups in total. The van der Waals surface area contributed by atoms with E-state index in [1.807, 2.05) is 24.3 Å². The van der Waals surface area contributed by atoms with Gasteiger partial charge in [0, 0.05) is 64.2 Å². The first-order chi connectivity index (χ1) is 14.3. The quantitative estimate of drug-likeness (QED) is 0.463. The number of aliphatic hydroxyl groups excluding tert-OH is 2. The topological polar surface area (TPSA) is 82.7 Å². The SMILES string of the molecule is CC(C)n1c(/C=C/[C@H](O)C[C@H](O)CC(=O)O)c(-c2ccc(F)cc2)c2ccccc21.[Na]. The molecular weight excluding hydrogens is 408 g/mol. The number of nitrogens with zero attached hydrogens (tertiary/aromatic N) is 1. The van der Waals surface area contributed by atoms with E-state index in [9.17, 15) is 19.4 Å². The molecule has 0 spiro atoms. The van der Waals surface area contributed by atoms with Gasteiger partial charge in [0.1, 0.15) is 5.82 Å². The van der Waals surface area contributed by atoms with Crippen LogP contribution in [0.4, 0.5) is 4.39 Å². The molecule has 2 aromatic carbocycles. The third-order valence-electron chi connectivity index (χ3n) is 5.00. The van der Waals surface area contributed by atoms with Crippen LogP contribution >= 0.6 is 0 Å². The molecule has 1 radical (unpaired) electrons. The number of hydrogen-bond acceptors (Lipinski definition) is 3. The summed E-state index contributed by atoms with van der Waals surface area (Å²) in [6.45, 7) is 4.12. The summed E-state index contributed by atoms with van der Waals surface area (Å²) in [7, 11) is 0.